The molecule has 1 aromatic carbocycles. The molecule has 1 heterocycles. The normalized spacial score (nSPS) is 20.6. The third-order valence-corrected chi connectivity index (χ3v) is 8.51. The van der Waals surface area contributed by atoms with Gasteiger partial charge in [0, 0.05) is 32.6 Å². The minimum absolute atomic E-state index is 0.279. The second-order valence-electron chi connectivity index (χ2n) is 13.2. The van der Waals surface area contributed by atoms with E-state index in [1.54, 1.807) is 36.4 Å². The maximum atomic E-state index is 13.2. The number of hydrogen-bond donors (Lipinski definition) is 0. The number of unbranched alkanes of at least 4 members (excludes halogenated alkanes) is 11. The van der Waals surface area contributed by atoms with Crippen LogP contribution in [0.4, 0.5) is 0 Å². The minimum Gasteiger partial charge on any atom is -0.463 e. The van der Waals surface area contributed by atoms with E-state index >= 15 is 0 Å². The molecule has 15 nitrogen and oxygen atoms in total. The Balaban J connectivity index is 2.25. The molecule has 0 unspecified atom stereocenters. The number of rotatable bonds is 25. The molecule has 0 radical (unpaired) electrons. The summed E-state index contributed by atoms with van der Waals surface area (Å²) in [7, 11) is 0. The first-order valence-corrected chi connectivity index (χ1v) is 18.9. The Hall–Kier alpha value is -4.46. The number of carbonyl (C=O) groups is 5. The van der Waals surface area contributed by atoms with E-state index in [2.05, 4.69) is 16.9 Å². The summed E-state index contributed by atoms with van der Waals surface area (Å²) in [5.74, 6) is -3.72. The van der Waals surface area contributed by atoms with Crippen LogP contribution in [0.25, 0.3) is 10.4 Å². The molecule has 0 amide bonds. The van der Waals surface area contributed by atoms with E-state index in [9.17, 15) is 29.5 Å². The zero-order valence-corrected chi connectivity index (χ0v) is 32.2. The summed E-state index contributed by atoms with van der Waals surface area (Å²) in [5, 5.41) is 3.86. The van der Waals surface area contributed by atoms with Crippen LogP contribution in [-0.4, -0.2) is 85.9 Å². The lowest BCUT2D eigenvalue weighted by molar-refractivity contribution is -0.309. The van der Waals surface area contributed by atoms with Gasteiger partial charge in [0.05, 0.1) is 12.2 Å². The second kappa shape index (κ2) is 26.3. The molecule has 7 atom stereocenters. The van der Waals surface area contributed by atoms with Gasteiger partial charge in [0.1, 0.15) is 24.9 Å². The molecular formula is C39H57N3O12. The van der Waals surface area contributed by atoms with E-state index in [-0.39, 0.29) is 5.56 Å². The summed E-state index contributed by atoms with van der Waals surface area (Å²) in [5.41, 5.74) is 9.81. The van der Waals surface area contributed by atoms with E-state index in [4.69, 9.17) is 33.2 Å². The fraction of sp³-hybridized carbons (Fsp3) is 0.667. The van der Waals surface area contributed by atoms with Gasteiger partial charge >= 0.3 is 29.8 Å². The molecule has 1 fully saturated rings. The highest BCUT2D eigenvalue weighted by atomic mass is 16.7. The zero-order valence-electron chi connectivity index (χ0n) is 32.2. The Kier molecular flexibility index (Phi) is 22.3. The predicted octanol–water partition coefficient (Wildman–Crippen LogP) is 7.25. The average molecular weight is 760 g/mol. The van der Waals surface area contributed by atoms with Crippen molar-refractivity contribution in [1.29, 1.82) is 0 Å². The number of azide groups is 1. The molecule has 1 aliphatic rings. The molecule has 300 valence electrons. The lowest BCUT2D eigenvalue weighted by Gasteiger charge is -2.44. The fourth-order valence-electron chi connectivity index (χ4n) is 5.95. The van der Waals surface area contributed by atoms with Gasteiger partial charge in [-0.3, -0.25) is 19.2 Å². The summed E-state index contributed by atoms with van der Waals surface area (Å²) in [6.45, 7) is 5.82. The Morgan fingerprint density at radius 2 is 1.33 bits per heavy atom. The first-order valence-electron chi connectivity index (χ1n) is 18.9. The molecule has 1 saturated heterocycles. The molecule has 0 bridgehead atoms. The lowest BCUT2D eigenvalue weighted by atomic mass is 9.98. The van der Waals surface area contributed by atoms with E-state index in [0.717, 1.165) is 47.0 Å². The largest absolute Gasteiger partial charge is 0.463 e. The van der Waals surface area contributed by atoms with Crippen LogP contribution in [0, 0.1) is 0 Å². The van der Waals surface area contributed by atoms with Crippen LogP contribution in [0.3, 0.4) is 0 Å². The smallest absolute Gasteiger partial charge is 0.338 e. The van der Waals surface area contributed by atoms with Gasteiger partial charge in [-0.15, -0.1) is 0 Å². The van der Waals surface area contributed by atoms with E-state index in [0.29, 0.717) is 6.42 Å². The van der Waals surface area contributed by atoms with Crippen molar-refractivity contribution in [2.24, 2.45) is 5.11 Å². The lowest BCUT2D eigenvalue weighted by Crippen LogP contribution is -2.63. The maximum absolute atomic E-state index is 13.2. The maximum Gasteiger partial charge on any atom is 0.338 e. The van der Waals surface area contributed by atoms with Gasteiger partial charge in [-0.1, -0.05) is 101 Å². The van der Waals surface area contributed by atoms with Crippen molar-refractivity contribution in [2.45, 2.75) is 155 Å². The van der Waals surface area contributed by atoms with Crippen LogP contribution in [0.1, 0.15) is 122 Å². The molecule has 0 saturated carbocycles. The van der Waals surface area contributed by atoms with E-state index in [1.165, 1.54) is 51.4 Å². The summed E-state index contributed by atoms with van der Waals surface area (Å²) in [4.78, 5) is 64.3. The van der Waals surface area contributed by atoms with Crippen molar-refractivity contribution in [3.63, 3.8) is 0 Å². The van der Waals surface area contributed by atoms with Gasteiger partial charge in [-0.05, 0) is 36.6 Å². The van der Waals surface area contributed by atoms with Crippen molar-refractivity contribution in [3.05, 3.63) is 58.5 Å². The monoisotopic (exact) mass is 759 g/mol. The highest BCUT2D eigenvalue weighted by Crippen LogP contribution is 2.30. The third-order valence-electron chi connectivity index (χ3n) is 8.51. The number of hydrogen-bond acceptors (Lipinski definition) is 13. The van der Waals surface area contributed by atoms with Crippen molar-refractivity contribution < 1.29 is 57.1 Å². The number of carbonyl (C=O) groups excluding carboxylic acids is 5. The molecule has 0 aromatic heterocycles. The second-order valence-corrected chi connectivity index (χ2v) is 13.2. The Bertz CT molecular complexity index is 1380. The van der Waals surface area contributed by atoms with Crippen LogP contribution < -0.4 is 0 Å². The van der Waals surface area contributed by atoms with Crippen LogP contribution in [0.5, 0.6) is 0 Å². The van der Waals surface area contributed by atoms with Gasteiger partial charge in [0.2, 0.25) is 0 Å². The summed E-state index contributed by atoms with van der Waals surface area (Å²) in [6, 6.07) is 7.16. The SMILES string of the molecule is CCCCCCCCCCCCCC=C[C@@H](OC(=O)c1ccccc1)[C@H](CO[C@@H]1O[C@H](COC(C)=O)[C@H](OC(C)=O)[C@H](OC(C)=O)[C@H]1OC(C)=O)N=[N+]=[N-]. The molecule has 0 N–H and O–H groups in total. The molecule has 1 aliphatic heterocycles. The van der Waals surface area contributed by atoms with Gasteiger partial charge in [-0.25, -0.2) is 4.79 Å². The van der Waals surface area contributed by atoms with Crippen molar-refractivity contribution in [2.75, 3.05) is 13.2 Å². The van der Waals surface area contributed by atoms with Crippen LogP contribution in [-0.2, 0) is 52.3 Å². The first-order chi connectivity index (χ1) is 26.0. The average Bonchev–Trinajstić information content (AvgIpc) is 3.12. The molecule has 15 heteroatoms. The highest BCUT2D eigenvalue weighted by molar-refractivity contribution is 5.89. The number of esters is 5. The van der Waals surface area contributed by atoms with Gasteiger partial charge in [0.25, 0.3) is 0 Å². The van der Waals surface area contributed by atoms with Crippen molar-refractivity contribution in [3.8, 4) is 0 Å². The summed E-state index contributed by atoms with van der Waals surface area (Å²) < 4.78 is 39.3. The van der Waals surface area contributed by atoms with Crippen molar-refractivity contribution in [1.82, 2.24) is 0 Å². The van der Waals surface area contributed by atoms with Gasteiger partial charge < -0.3 is 33.2 Å². The Morgan fingerprint density at radius 3 is 1.89 bits per heavy atom. The highest BCUT2D eigenvalue weighted by Gasteiger charge is 2.53. The van der Waals surface area contributed by atoms with E-state index < -0.39 is 85.9 Å². The van der Waals surface area contributed by atoms with Crippen LogP contribution in [0.15, 0.2) is 47.6 Å². The Labute approximate surface area is 318 Å². The molecule has 2 rings (SSSR count). The molecular weight excluding hydrogens is 702 g/mol. The van der Waals surface area contributed by atoms with Crippen LogP contribution >= 0.6 is 0 Å². The summed E-state index contributed by atoms with van der Waals surface area (Å²) >= 11 is 0. The minimum atomic E-state index is -1.52. The number of nitrogens with zero attached hydrogens (tertiary/aromatic N) is 3. The first kappa shape index (κ1) is 45.7. The molecule has 1 aromatic rings. The zero-order chi connectivity index (χ0) is 39.7. The number of ether oxygens (including phenoxy) is 7. The third kappa shape index (κ3) is 18.0. The fourth-order valence-corrected chi connectivity index (χ4v) is 5.95. The molecule has 54 heavy (non-hydrogen) atoms. The van der Waals surface area contributed by atoms with E-state index in [1.807, 2.05) is 6.08 Å². The quantitative estimate of drug-likeness (QED) is 0.0184. The molecule has 0 aliphatic carbocycles. The number of benzene rings is 1. The van der Waals surface area contributed by atoms with Gasteiger partial charge in [0.15, 0.2) is 24.6 Å². The Morgan fingerprint density at radius 1 is 0.778 bits per heavy atom. The predicted molar refractivity (Wildman–Crippen MR) is 197 cm³/mol. The van der Waals surface area contributed by atoms with Crippen LogP contribution in [0.2, 0.25) is 0 Å². The molecule has 0 spiro atoms. The van der Waals surface area contributed by atoms with Crippen molar-refractivity contribution >= 4 is 29.8 Å². The number of allylic oxidation sites excluding steroid dienone is 1. The topological polar surface area (TPSA) is 199 Å². The summed E-state index contributed by atoms with van der Waals surface area (Å²) in [6.07, 6.45) is 9.26. The standard InChI is InChI=1S/C39H57N3O12/c1-6-7-8-9-10-11-12-13-14-15-16-17-21-24-33(53-38(47)31-22-19-18-20-23-31)32(41-42-40)25-49-39-37(52-30(5)46)36(51-29(4)45)35(50-28(3)44)34(54-39)26-48-27(2)43/h18-24,32-37,39H,6-17,25-26H2,1-5H3/t32-,33+,34+,35-,36-,37+,39+/m0/s1. The van der Waals surface area contributed by atoms with Gasteiger partial charge in [-0.2, -0.15) is 0 Å².